The van der Waals surface area contributed by atoms with E-state index in [2.05, 4.69) is 4.98 Å². The smallest absolute Gasteiger partial charge is 0.226 e. The van der Waals surface area contributed by atoms with Crippen molar-refractivity contribution in [1.82, 2.24) is 4.98 Å². The van der Waals surface area contributed by atoms with Gasteiger partial charge in [0.1, 0.15) is 5.58 Å². The number of para-hydroxylation sites is 1. The number of furan rings is 1. The van der Waals surface area contributed by atoms with E-state index in [1.54, 1.807) is 6.20 Å². The van der Waals surface area contributed by atoms with Crippen molar-refractivity contribution in [3.63, 3.8) is 0 Å². The molecule has 0 N–H and O–H groups in total. The summed E-state index contributed by atoms with van der Waals surface area (Å²) in [5.74, 6) is 1.93. The molecule has 0 aliphatic rings. The molecule has 0 aliphatic carbocycles. The molecule has 20 heavy (non-hydrogen) atoms. The third-order valence-corrected chi connectivity index (χ3v) is 3.19. The molecule has 0 atom stereocenters. The van der Waals surface area contributed by atoms with Crippen LogP contribution in [0, 0.1) is 0 Å². The van der Waals surface area contributed by atoms with Crippen LogP contribution >= 0.6 is 0 Å². The van der Waals surface area contributed by atoms with Gasteiger partial charge in [-0.3, -0.25) is 0 Å². The molecule has 96 valence electrons. The van der Waals surface area contributed by atoms with E-state index in [0.717, 1.165) is 16.5 Å². The summed E-state index contributed by atoms with van der Waals surface area (Å²) in [4.78, 5) is 4.31. The Balaban J connectivity index is 1.78. The van der Waals surface area contributed by atoms with E-state index in [4.69, 9.17) is 8.83 Å². The van der Waals surface area contributed by atoms with Crippen LogP contribution < -0.4 is 0 Å². The summed E-state index contributed by atoms with van der Waals surface area (Å²) >= 11 is 0. The Kier molecular flexibility index (Phi) is 2.42. The molecule has 0 unspecified atom stereocenters. The highest BCUT2D eigenvalue weighted by molar-refractivity contribution is 5.81. The standard InChI is InChI=1S/C17H11NO2/c1-2-6-12(7-3-1)17-18-11-16(20-17)15-10-13-8-4-5-9-14(13)19-15/h1-11H. The van der Waals surface area contributed by atoms with Crippen LogP contribution in [0.2, 0.25) is 0 Å². The monoisotopic (exact) mass is 261 g/mol. The number of fused-ring (bicyclic) bond motifs is 1. The molecular formula is C17H11NO2. The number of benzene rings is 2. The molecule has 0 radical (unpaired) electrons. The van der Waals surface area contributed by atoms with Crippen molar-refractivity contribution in [2.45, 2.75) is 0 Å². The minimum Gasteiger partial charge on any atom is -0.453 e. The second-order valence-corrected chi connectivity index (χ2v) is 4.54. The fraction of sp³-hybridized carbons (Fsp3) is 0. The number of nitrogens with zero attached hydrogens (tertiary/aromatic N) is 1. The van der Waals surface area contributed by atoms with Crippen molar-refractivity contribution in [2.24, 2.45) is 0 Å². The molecule has 3 nitrogen and oxygen atoms in total. The number of hydrogen-bond acceptors (Lipinski definition) is 3. The molecule has 0 amide bonds. The first-order chi connectivity index (χ1) is 9.90. The van der Waals surface area contributed by atoms with E-state index in [1.807, 2.05) is 60.7 Å². The zero-order valence-electron chi connectivity index (χ0n) is 10.6. The van der Waals surface area contributed by atoms with Gasteiger partial charge >= 0.3 is 0 Å². The molecule has 4 aromatic rings. The number of oxazole rings is 1. The summed E-state index contributed by atoms with van der Waals surface area (Å²) in [5.41, 5.74) is 1.80. The predicted molar refractivity (Wildman–Crippen MR) is 77.1 cm³/mol. The average Bonchev–Trinajstić information content (AvgIpc) is 3.14. The highest BCUT2D eigenvalue weighted by Crippen LogP contribution is 2.30. The number of aromatic nitrogens is 1. The maximum absolute atomic E-state index is 5.78. The number of rotatable bonds is 2. The third-order valence-electron chi connectivity index (χ3n) is 3.19. The summed E-state index contributed by atoms with van der Waals surface area (Å²) in [6.07, 6.45) is 1.69. The molecule has 2 aromatic carbocycles. The second kappa shape index (κ2) is 4.38. The summed E-state index contributed by atoms with van der Waals surface area (Å²) in [6, 6.07) is 19.7. The fourth-order valence-corrected chi connectivity index (χ4v) is 2.21. The zero-order chi connectivity index (χ0) is 13.4. The van der Waals surface area contributed by atoms with Crippen molar-refractivity contribution in [2.75, 3.05) is 0 Å². The summed E-state index contributed by atoms with van der Waals surface area (Å²) in [5, 5.41) is 1.06. The van der Waals surface area contributed by atoms with E-state index in [0.29, 0.717) is 17.4 Å². The summed E-state index contributed by atoms with van der Waals surface area (Å²) in [7, 11) is 0. The zero-order valence-corrected chi connectivity index (χ0v) is 10.6. The van der Waals surface area contributed by atoms with E-state index in [1.165, 1.54) is 0 Å². The minimum absolute atomic E-state index is 0.598. The van der Waals surface area contributed by atoms with Crippen LogP contribution in [0.15, 0.2) is 75.7 Å². The molecule has 0 bridgehead atoms. The normalized spacial score (nSPS) is 11.0. The van der Waals surface area contributed by atoms with Crippen LogP contribution in [0.1, 0.15) is 0 Å². The summed E-state index contributed by atoms with van der Waals surface area (Å²) in [6.45, 7) is 0. The molecule has 3 heteroatoms. The van der Waals surface area contributed by atoms with E-state index in [9.17, 15) is 0 Å². The molecule has 4 rings (SSSR count). The molecule has 0 aliphatic heterocycles. The molecule has 0 saturated carbocycles. The van der Waals surface area contributed by atoms with Gasteiger partial charge in [0.05, 0.1) is 6.20 Å². The van der Waals surface area contributed by atoms with Gasteiger partial charge in [0, 0.05) is 10.9 Å². The average molecular weight is 261 g/mol. The lowest BCUT2D eigenvalue weighted by molar-refractivity contribution is 0.548. The van der Waals surface area contributed by atoms with Crippen molar-refractivity contribution in [3.8, 4) is 23.0 Å². The number of hydrogen-bond donors (Lipinski definition) is 0. The summed E-state index contributed by atoms with van der Waals surface area (Å²) < 4.78 is 11.5. The van der Waals surface area contributed by atoms with Gasteiger partial charge < -0.3 is 8.83 Å². The van der Waals surface area contributed by atoms with Gasteiger partial charge in [-0.1, -0.05) is 36.4 Å². The Bertz CT molecular complexity index is 826. The van der Waals surface area contributed by atoms with Gasteiger partial charge in [-0.15, -0.1) is 0 Å². The molecule has 2 aromatic heterocycles. The van der Waals surface area contributed by atoms with Crippen molar-refractivity contribution >= 4 is 11.0 Å². The quantitative estimate of drug-likeness (QED) is 0.522. The van der Waals surface area contributed by atoms with E-state index < -0.39 is 0 Å². The Morgan fingerprint density at radius 1 is 0.750 bits per heavy atom. The lowest BCUT2D eigenvalue weighted by atomic mass is 10.2. The molecule has 0 fully saturated rings. The Hall–Kier alpha value is -2.81. The fourth-order valence-electron chi connectivity index (χ4n) is 2.21. The Labute approximate surface area is 115 Å². The maximum Gasteiger partial charge on any atom is 0.226 e. The van der Waals surface area contributed by atoms with Crippen LogP contribution in [0.25, 0.3) is 33.9 Å². The van der Waals surface area contributed by atoms with Crippen LogP contribution in [-0.2, 0) is 0 Å². The van der Waals surface area contributed by atoms with Crippen molar-refractivity contribution < 1.29 is 8.83 Å². The SMILES string of the molecule is c1ccc(-c2ncc(-c3cc4ccccc4o3)o2)cc1. The second-order valence-electron chi connectivity index (χ2n) is 4.54. The topological polar surface area (TPSA) is 39.2 Å². The van der Waals surface area contributed by atoms with Gasteiger partial charge in [0.15, 0.2) is 11.5 Å². The first-order valence-corrected chi connectivity index (χ1v) is 6.40. The lowest BCUT2D eigenvalue weighted by Crippen LogP contribution is -1.73. The largest absolute Gasteiger partial charge is 0.453 e. The lowest BCUT2D eigenvalue weighted by Gasteiger charge is -1.93. The highest BCUT2D eigenvalue weighted by Gasteiger charge is 2.12. The van der Waals surface area contributed by atoms with Gasteiger partial charge in [-0.2, -0.15) is 0 Å². The molecular weight excluding hydrogens is 250 g/mol. The first kappa shape index (κ1) is 11.1. The van der Waals surface area contributed by atoms with Gasteiger partial charge in [0.2, 0.25) is 5.89 Å². The van der Waals surface area contributed by atoms with Crippen molar-refractivity contribution in [1.29, 1.82) is 0 Å². The molecule has 2 heterocycles. The Morgan fingerprint density at radius 2 is 1.55 bits per heavy atom. The first-order valence-electron chi connectivity index (χ1n) is 6.40. The molecule has 0 saturated heterocycles. The third kappa shape index (κ3) is 1.80. The van der Waals surface area contributed by atoms with Gasteiger partial charge in [-0.25, -0.2) is 4.98 Å². The molecule has 0 spiro atoms. The van der Waals surface area contributed by atoms with E-state index in [-0.39, 0.29) is 0 Å². The van der Waals surface area contributed by atoms with Crippen LogP contribution in [-0.4, -0.2) is 4.98 Å². The predicted octanol–water partition coefficient (Wildman–Crippen LogP) is 4.75. The van der Waals surface area contributed by atoms with Crippen LogP contribution in [0.4, 0.5) is 0 Å². The highest BCUT2D eigenvalue weighted by atomic mass is 16.4. The van der Waals surface area contributed by atoms with Crippen LogP contribution in [0.5, 0.6) is 0 Å². The maximum atomic E-state index is 5.78. The minimum atomic E-state index is 0.598. The van der Waals surface area contributed by atoms with Gasteiger partial charge in [0.25, 0.3) is 0 Å². The van der Waals surface area contributed by atoms with E-state index >= 15 is 0 Å². The Morgan fingerprint density at radius 3 is 2.40 bits per heavy atom. The van der Waals surface area contributed by atoms with Crippen molar-refractivity contribution in [3.05, 3.63) is 66.9 Å². The van der Waals surface area contributed by atoms with Gasteiger partial charge in [-0.05, 0) is 24.3 Å². The van der Waals surface area contributed by atoms with Crippen LogP contribution in [0.3, 0.4) is 0 Å².